The van der Waals surface area contributed by atoms with E-state index >= 15 is 0 Å². The molecule has 0 aliphatic heterocycles. The largest absolute Gasteiger partial charge is 0.481 e. The Hall–Kier alpha value is -4.48. The minimum Gasteiger partial charge on any atom is -0.481 e. The van der Waals surface area contributed by atoms with Crippen molar-refractivity contribution in [2.24, 2.45) is 11.3 Å². The number of rotatable bonds is 6. The van der Waals surface area contributed by atoms with Crippen molar-refractivity contribution in [1.29, 1.82) is 0 Å². The molecule has 5 rings (SSSR count). The molecule has 0 unspecified atom stereocenters. The number of benzene rings is 1. The SMILES string of the molecule is CC(C)[C@@]1(C(=O)O)CC[C@@H](c2nc(-c3ccc(C(=O)Nc4cc(C(F)(F)F)ccn4)cc3)c3c(N)nccn23)C1. The topological polar surface area (TPSA) is 135 Å². The van der Waals surface area contributed by atoms with Crippen LogP contribution in [0.3, 0.4) is 0 Å². The number of carbonyl (C=O) groups is 2. The van der Waals surface area contributed by atoms with Crippen LogP contribution in [-0.2, 0) is 11.0 Å². The number of pyridine rings is 1. The zero-order chi connectivity index (χ0) is 28.8. The molecule has 1 saturated carbocycles. The number of alkyl halides is 3. The summed E-state index contributed by atoms with van der Waals surface area (Å²) in [6.45, 7) is 3.85. The number of hydrogen-bond donors (Lipinski definition) is 3. The van der Waals surface area contributed by atoms with E-state index in [0.29, 0.717) is 41.9 Å². The van der Waals surface area contributed by atoms with Crippen LogP contribution in [0.4, 0.5) is 24.8 Å². The Labute approximate surface area is 227 Å². The molecule has 208 valence electrons. The second-order valence-corrected chi connectivity index (χ2v) is 10.4. The highest BCUT2D eigenvalue weighted by Crippen LogP contribution is 2.51. The molecule has 0 spiro atoms. The molecule has 4 aromatic rings. The van der Waals surface area contributed by atoms with Gasteiger partial charge < -0.3 is 16.2 Å². The second-order valence-electron chi connectivity index (χ2n) is 10.4. The van der Waals surface area contributed by atoms with E-state index < -0.39 is 29.0 Å². The van der Waals surface area contributed by atoms with Gasteiger partial charge in [0.05, 0.1) is 11.0 Å². The van der Waals surface area contributed by atoms with Gasteiger partial charge in [0.25, 0.3) is 5.91 Å². The number of amides is 1. The standard InChI is InChI=1S/C28H27F3N6O3/c1-15(2)27(26(39)40)9-7-18(14-27)24-36-21(22-23(32)34-11-12-37(22)24)16-3-5-17(6-4-16)25(38)35-20-13-19(8-10-33-20)28(29,30)31/h3-6,8,10-13,15,18H,7,9,14H2,1-2H3,(H2,32,34)(H,39,40)(H,33,35,38)/t18-,27-/m1/s1. The molecule has 1 aliphatic carbocycles. The summed E-state index contributed by atoms with van der Waals surface area (Å²) in [5.74, 6) is -0.854. The van der Waals surface area contributed by atoms with Crippen molar-refractivity contribution in [2.75, 3.05) is 11.1 Å². The van der Waals surface area contributed by atoms with E-state index in [0.717, 1.165) is 18.3 Å². The van der Waals surface area contributed by atoms with Crippen LogP contribution >= 0.6 is 0 Å². The molecule has 1 fully saturated rings. The van der Waals surface area contributed by atoms with E-state index in [-0.39, 0.29) is 29.0 Å². The van der Waals surface area contributed by atoms with Gasteiger partial charge in [0, 0.05) is 35.6 Å². The lowest BCUT2D eigenvalue weighted by molar-refractivity contribution is -0.151. The molecular formula is C28H27F3N6O3. The summed E-state index contributed by atoms with van der Waals surface area (Å²) in [4.78, 5) is 37.8. The second kappa shape index (κ2) is 9.92. The fraction of sp³-hybridized carbons (Fsp3) is 0.321. The maximum absolute atomic E-state index is 13.0. The molecule has 1 amide bonds. The molecule has 4 N–H and O–H groups in total. The van der Waals surface area contributed by atoms with Crippen molar-refractivity contribution in [1.82, 2.24) is 19.4 Å². The molecule has 12 heteroatoms. The third-order valence-electron chi connectivity index (χ3n) is 7.81. The van der Waals surface area contributed by atoms with Crippen molar-refractivity contribution in [2.45, 2.75) is 45.2 Å². The lowest BCUT2D eigenvalue weighted by Gasteiger charge is -2.28. The summed E-state index contributed by atoms with van der Waals surface area (Å²) in [6, 6.07) is 7.97. The number of aromatic nitrogens is 4. The Kier molecular flexibility index (Phi) is 6.72. The van der Waals surface area contributed by atoms with Crippen LogP contribution < -0.4 is 11.1 Å². The molecule has 2 atom stereocenters. The molecule has 1 aromatic carbocycles. The van der Waals surface area contributed by atoms with Gasteiger partial charge in [0.1, 0.15) is 28.7 Å². The van der Waals surface area contributed by atoms with E-state index in [1.165, 1.54) is 12.1 Å². The molecule has 3 heterocycles. The summed E-state index contributed by atoms with van der Waals surface area (Å²) < 4.78 is 40.8. The number of hydrogen-bond acceptors (Lipinski definition) is 6. The van der Waals surface area contributed by atoms with Gasteiger partial charge >= 0.3 is 12.1 Å². The monoisotopic (exact) mass is 552 g/mol. The molecule has 9 nitrogen and oxygen atoms in total. The van der Waals surface area contributed by atoms with Gasteiger partial charge in [-0.15, -0.1) is 0 Å². The van der Waals surface area contributed by atoms with Crippen molar-refractivity contribution in [3.63, 3.8) is 0 Å². The van der Waals surface area contributed by atoms with Crippen LogP contribution in [0.15, 0.2) is 55.0 Å². The summed E-state index contributed by atoms with van der Waals surface area (Å²) in [6.07, 6.45) is 1.38. The van der Waals surface area contributed by atoms with Gasteiger partial charge in [-0.05, 0) is 49.4 Å². The average Bonchev–Trinajstić information content (AvgIpc) is 3.53. The van der Waals surface area contributed by atoms with Crippen LogP contribution in [0.25, 0.3) is 16.8 Å². The number of imidazole rings is 1. The van der Waals surface area contributed by atoms with Crippen molar-refractivity contribution in [3.05, 3.63) is 71.9 Å². The van der Waals surface area contributed by atoms with Gasteiger partial charge in [-0.3, -0.25) is 14.0 Å². The Morgan fingerprint density at radius 1 is 1.15 bits per heavy atom. The first-order valence-corrected chi connectivity index (χ1v) is 12.7. The number of nitrogens with two attached hydrogens (primary N) is 1. The first kappa shape index (κ1) is 27.1. The Morgan fingerprint density at radius 3 is 2.50 bits per heavy atom. The van der Waals surface area contributed by atoms with Crippen molar-refractivity contribution < 1.29 is 27.9 Å². The quantitative estimate of drug-likeness (QED) is 0.282. The van der Waals surface area contributed by atoms with Crippen LogP contribution in [0.1, 0.15) is 60.8 Å². The van der Waals surface area contributed by atoms with E-state index in [4.69, 9.17) is 10.7 Å². The number of nitrogens with zero attached hydrogens (tertiary/aromatic N) is 4. The van der Waals surface area contributed by atoms with E-state index in [2.05, 4.69) is 15.3 Å². The number of fused-ring (bicyclic) bond motifs is 1. The van der Waals surface area contributed by atoms with Gasteiger partial charge in [-0.2, -0.15) is 13.2 Å². The predicted molar refractivity (Wildman–Crippen MR) is 142 cm³/mol. The maximum atomic E-state index is 13.0. The fourth-order valence-electron chi connectivity index (χ4n) is 5.48. The zero-order valence-electron chi connectivity index (χ0n) is 21.7. The third-order valence-corrected chi connectivity index (χ3v) is 7.81. The minimum atomic E-state index is -4.56. The first-order chi connectivity index (χ1) is 18.9. The van der Waals surface area contributed by atoms with Gasteiger partial charge in [0.15, 0.2) is 0 Å². The zero-order valence-corrected chi connectivity index (χ0v) is 21.7. The number of carboxylic acid groups (broad SMARTS) is 1. The maximum Gasteiger partial charge on any atom is 0.416 e. The lowest BCUT2D eigenvalue weighted by Crippen LogP contribution is -2.33. The number of nitrogens with one attached hydrogen (secondary N) is 1. The summed E-state index contributed by atoms with van der Waals surface area (Å²) in [7, 11) is 0. The fourth-order valence-corrected chi connectivity index (χ4v) is 5.48. The molecule has 0 radical (unpaired) electrons. The molecular weight excluding hydrogens is 525 g/mol. The van der Waals surface area contributed by atoms with Crippen LogP contribution in [0.5, 0.6) is 0 Å². The molecule has 0 saturated heterocycles. The van der Waals surface area contributed by atoms with Gasteiger partial charge in [-0.1, -0.05) is 26.0 Å². The van der Waals surface area contributed by atoms with E-state index in [9.17, 15) is 27.9 Å². The number of aliphatic carboxylic acids is 1. The van der Waals surface area contributed by atoms with Gasteiger partial charge in [0.2, 0.25) is 0 Å². The highest BCUT2D eigenvalue weighted by Gasteiger charge is 2.49. The van der Waals surface area contributed by atoms with E-state index in [1.807, 2.05) is 18.2 Å². The van der Waals surface area contributed by atoms with Crippen LogP contribution in [-0.4, -0.2) is 36.3 Å². The first-order valence-electron chi connectivity index (χ1n) is 12.7. The highest BCUT2D eigenvalue weighted by atomic mass is 19.4. The smallest absolute Gasteiger partial charge is 0.416 e. The van der Waals surface area contributed by atoms with Crippen LogP contribution in [0.2, 0.25) is 0 Å². The third kappa shape index (κ3) is 4.74. The normalized spacial score (nSPS) is 19.3. The lowest BCUT2D eigenvalue weighted by atomic mass is 9.75. The van der Waals surface area contributed by atoms with Crippen LogP contribution in [0, 0.1) is 11.3 Å². The van der Waals surface area contributed by atoms with Crippen molar-refractivity contribution in [3.8, 4) is 11.3 Å². The number of carbonyl (C=O) groups excluding carboxylic acids is 1. The molecule has 3 aromatic heterocycles. The molecule has 40 heavy (non-hydrogen) atoms. The number of nitrogen functional groups attached to an aromatic ring is 1. The van der Waals surface area contributed by atoms with Crippen molar-refractivity contribution >= 4 is 29.0 Å². The minimum absolute atomic E-state index is 0.0442. The Bertz CT molecular complexity index is 1600. The Balaban J connectivity index is 1.45. The summed E-state index contributed by atoms with van der Waals surface area (Å²) in [5, 5.41) is 12.4. The predicted octanol–water partition coefficient (Wildman–Crippen LogP) is 5.64. The molecule has 1 aliphatic rings. The number of anilines is 2. The summed E-state index contributed by atoms with van der Waals surface area (Å²) in [5.41, 5.74) is 6.44. The summed E-state index contributed by atoms with van der Waals surface area (Å²) >= 11 is 0. The highest BCUT2D eigenvalue weighted by molar-refractivity contribution is 6.04. The Morgan fingerprint density at radius 2 is 1.88 bits per heavy atom. The number of halogens is 3. The average molecular weight is 553 g/mol. The molecule has 0 bridgehead atoms. The number of carboxylic acids is 1. The van der Waals surface area contributed by atoms with E-state index in [1.54, 1.807) is 24.5 Å². The van der Waals surface area contributed by atoms with Gasteiger partial charge in [-0.25, -0.2) is 15.0 Å².